The minimum absolute atomic E-state index is 0.246. The lowest BCUT2D eigenvalue weighted by atomic mass is 10.3. The molecule has 3 N–H and O–H groups in total. The third-order valence-corrected chi connectivity index (χ3v) is 3.15. The van der Waals surface area contributed by atoms with Gasteiger partial charge in [0, 0.05) is 29.6 Å². The van der Waals surface area contributed by atoms with Crippen LogP contribution in [0.1, 0.15) is 0 Å². The van der Waals surface area contributed by atoms with Gasteiger partial charge in [0.2, 0.25) is 5.91 Å². The van der Waals surface area contributed by atoms with Crippen LogP contribution in [-0.4, -0.2) is 32.7 Å². The van der Waals surface area contributed by atoms with Crippen molar-refractivity contribution in [3.05, 3.63) is 48.3 Å². The molecule has 0 heterocycles. The monoisotopic (exact) mass is 347 g/mol. The molecule has 0 spiro atoms. The molecule has 0 radical (unpaired) electrons. The molecule has 25 heavy (non-hydrogen) atoms. The van der Waals surface area contributed by atoms with E-state index in [0.717, 1.165) is 0 Å². The Morgan fingerprint density at radius 3 is 2.08 bits per heavy atom. The molecule has 3 amide bonds. The molecule has 0 aromatic heterocycles. The molecule has 0 aliphatic carbocycles. The van der Waals surface area contributed by atoms with E-state index < -0.39 is 17.8 Å². The number of carbonyl (C=O) groups is 2. The largest absolute Gasteiger partial charge is 0.497 e. The van der Waals surface area contributed by atoms with Crippen molar-refractivity contribution in [3.8, 4) is 11.5 Å². The number of ether oxygens (including phenoxy) is 2. The van der Waals surface area contributed by atoms with Gasteiger partial charge in [-0.15, -0.1) is 0 Å². The van der Waals surface area contributed by atoms with Gasteiger partial charge in [0.1, 0.15) is 17.3 Å². The van der Waals surface area contributed by atoms with Gasteiger partial charge in [-0.1, -0.05) is 0 Å². The average molecular weight is 347 g/mol. The zero-order valence-corrected chi connectivity index (χ0v) is 13.8. The van der Waals surface area contributed by atoms with Gasteiger partial charge in [-0.05, 0) is 24.3 Å². The molecule has 0 fully saturated rings. The number of hydrogen-bond acceptors (Lipinski definition) is 4. The number of nitrogens with one attached hydrogen (secondary N) is 3. The van der Waals surface area contributed by atoms with Crippen LogP contribution in [0.5, 0.6) is 11.5 Å². The van der Waals surface area contributed by atoms with E-state index in [4.69, 9.17) is 9.47 Å². The van der Waals surface area contributed by atoms with E-state index >= 15 is 0 Å². The Kier molecular flexibility index (Phi) is 6.16. The highest BCUT2D eigenvalue weighted by atomic mass is 19.1. The molecular weight excluding hydrogens is 329 g/mol. The second kappa shape index (κ2) is 8.53. The molecular formula is C17H18FN3O4. The topological polar surface area (TPSA) is 88.7 Å². The van der Waals surface area contributed by atoms with Gasteiger partial charge in [0.05, 0.1) is 20.8 Å². The van der Waals surface area contributed by atoms with E-state index in [1.165, 1.54) is 38.5 Å². The Labute approximate surface area is 144 Å². The Morgan fingerprint density at radius 1 is 0.920 bits per heavy atom. The Morgan fingerprint density at radius 2 is 1.52 bits per heavy atom. The van der Waals surface area contributed by atoms with Crippen molar-refractivity contribution in [3.63, 3.8) is 0 Å². The fraction of sp³-hybridized carbons (Fsp3) is 0.176. The maximum atomic E-state index is 12.8. The van der Waals surface area contributed by atoms with Crippen molar-refractivity contribution in [1.29, 1.82) is 0 Å². The van der Waals surface area contributed by atoms with Crippen molar-refractivity contribution in [1.82, 2.24) is 5.32 Å². The number of amides is 3. The van der Waals surface area contributed by atoms with Gasteiger partial charge in [0.25, 0.3) is 0 Å². The molecule has 2 rings (SSSR count). The first-order valence-electron chi connectivity index (χ1n) is 7.33. The van der Waals surface area contributed by atoms with Crippen LogP contribution in [0.2, 0.25) is 0 Å². The van der Waals surface area contributed by atoms with Crippen molar-refractivity contribution in [2.75, 3.05) is 31.4 Å². The summed E-state index contributed by atoms with van der Waals surface area (Å²) >= 11 is 0. The molecule has 0 saturated heterocycles. The SMILES string of the molecule is COc1cc(NC(=O)NCC(=O)Nc2ccc(F)cc2)cc(OC)c1. The minimum Gasteiger partial charge on any atom is -0.497 e. The number of urea groups is 1. The van der Waals surface area contributed by atoms with Crippen LogP contribution >= 0.6 is 0 Å². The number of halogens is 1. The van der Waals surface area contributed by atoms with Crippen LogP contribution in [0.3, 0.4) is 0 Å². The van der Waals surface area contributed by atoms with Crippen molar-refractivity contribution >= 4 is 23.3 Å². The Balaban J connectivity index is 1.85. The number of hydrogen-bond donors (Lipinski definition) is 3. The predicted molar refractivity (Wildman–Crippen MR) is 91.6 cm³/mol. The van der Waals surface area contributed by atoms with Gasteiger partial charge in [-0.3, -0.25) is 4.79 Å². The summed E-state index contributed by atoms with van der Waals surface area (Å²) in [6.45, 7) is -0.246. The molecule has 0 bridgehead atoms. The van der Waals surface area contributed by atoms with Crippen molar-refractivity contribution in [2.24, 2.45) is 0 Å². The Bertz CT molecular complexity index is 728. The van der Waals surface area contributed by atoms with Gasteiger partial charge in [-0.25, -0.2) is 9.18 Å². The molecule has 0 aliphatic rings. The molecule has 0 atom stereocenters. The zero-order valence-electron chi connectivity index (χ0n) is 13.8. The van der Waals surface area contributed by atoms with Crippen LogP contribution in [0.25, 0.3) is 0 Å². The highest BCUT2D eigenvalue weighted by Crippen LogP contribution is 2.25. The molecule has 2 aromatic rings. The van der Waals surface area contributed by atoms with E-state index in [0.29, 0.717) is 22.9 Å². The number of carbonyl (C=O) groups excluding carboxylic acids is 2. The van der Waals surface area contributed by atoms with Gasteiger partial charge < -0.3 is 25.4 Å². The third-order valence-electron chi connectivity index (χ3n) is 3.15. The predicted octanol–water partition coefficient (Wildman–Crippen LogP) is 2.60. The summed E-state index contributed by atoms with van der Waals surface area (Å²) < 4.78 is 23.0. The first kappa shape index (κ1) is 18.1. The smallest absolute Gasteiger partial charge is 0.319 e. The molecule has 0 saturated carbocycles. The van der Waals surface area contributed by atoms with Gasteiger partial charge >= 0.3 is 6.03 Å². The Hall–Kier alpha value is -3.29. The number of rotatable bonds is 6. The van der Waals surface area contributed by atoms with E-state index in [1.807, 2.05) is 0 Å². The van der Waals surface area contributed by atoms with Crippen LogP contribution in [-0.2, 0) is 4.79 Å². The summed E-state index contributed by atoms with van der Waals surface area (Å²) in [6, 6.07) is 9.63. The maximum absolute atomic E-state index is 12.8. The summed E-state index contributed by atoms with van der Waals surface area (Å²) in [4.78, 5) is 23.6. The van der Waals surface area contributed by atoms with Gasteiger partial charge in [-0.2, -0.15) is 0 Å². The van der Waals surface area contributed by atoms with Crippen molar-refractivity contribution < 1.29 is 23.5 Å². The summed E-state index contributed by atoms with van der Waals surface area (Å²) in [5.74, 6) is 0.196. The number of methoxy groups -OCH3 is 2. The first-order chi connectivity index (χ1) is 12.0. The lowest BCUT2D eigenvalue weighted by Crippen LogP contribution is -2.35. The second-order valence-electron chi connectivity index (χ2n) is 4.96. The average Bonchev–Trinajstić information content (AvgIpc) is 2.61. The highest BCUT2D eigenvalue weighted by molar-refractivity contribution is 5.97. The molecule has 0 aliphatic heterocycles. The molecule has 0 unspecified atom stereocenters. The fourth-order valence-corrected chi connectivity index (χ4v) is 1.95. The van der Waals surface area contributed by atoms with E-state index in [1.54, 1.807) is 18.2 Å². The summed E-state index contributed by atoms with van der Waals surface area (Å²) in [7, 11) is 3.00. The molecule has 7 nitrogen and oxygen atoms in total. The summed E-state index contributed by atoms with van der Waals surface area (Å²) in [6.07, 6.45) is 0. The first-order valence-corrected chi connectivity index (χ1v) is 7.33. The van der Waals surface area contributed by atoms with Crippen molar-refractivity contribution in [2.45, 2.75) is 0 Å². The molecule has 132 valence electrons. The van der Waals surface area contributed by atoms with E-state index in [-0.39, 0.29) is 6.54 Å². The molecule has 2 aromatic carbocycles. The van der Waals surface area contributed by atoms with Crippen LogP contribution in [0.4, 0.5) is 20.6 Å². The zero-order chi connectivity index (χ0) is 18.2. The fourth-order valence-electron chi connectivity index (χ4n) is 1.95. The quantitative estimate of drug-likeness (QED) is 0.749. The normalized spacial score (nSPS) is 9.88. The van der Waals surface area contributed by atoms with Crippen LogP contribution < -0.4 is 25.4 Å². The number of anilines is 2. The maximum Gasteiger partial charge on any atom is 0.319 e. The number of benzene rings is 2. The summed E-state index contributed by atoms with van der Waals surface area (Å²) in [5, 5.41) is 7.53. The van der Waals surface area contributed by atoms with Crippen LogP contribution in [0.15, 0.2) is 42.5 Å². The highest BCUT2D eigenvalue weighted by Gasteiger charge is 2.08. The van der Waals surface area contributed by atoms with E-state index in [9.17, 15) is 14.0 Å². The third kappa shape index (κ3) is 5.69. The second-order valence-corrected chi connectivity index (χ2v) is 4.96. The van der Waals surface area contributed by atoms with Crippen LogP contribution in [0, 0.1) is 5.82 Å². The minimum atomic E-state index is -0.565. The molecule has 8 heteroatoms. The lowest BCUT2D eigenvalue weighted by molar-refractivity contribution is -0.115. The lowest BCUT2D eigenvalue weighted by Gasteiger charge is -2.11. The van der Waals surface area contributed by atoms with Gasteiger partial charge in [0.15, 0.2) is 0 Å². The van der Waals surface area contributed by atoms with E-state index in [2.05, 4.69) is 16.0 Å². The summed E-state index contributed by atoms with van der Waals surface area (Å²) in [5.41, 5.74) is 0.888. The standard InChI is InChI=1S/C17H18FN3O4/c1-24-14-7-13(8-15(9-14)25-2)21-17(23)19-10-16(22)20-12-5-3-11(18)4-6-12/h3-9H,10H2,1-2H3,(H,20,22)(H2,19,21,23).